The normalized spacial score (nSPS) is 20.2. The van der Waals surface area contributed by atoms with Crippen LogP contribution in [0.1, 0.15) is 62.7 Å². The van der Waals surface area contributed by atoms with Gasteiger partial charge in [-0.2, -0.15) is 5.26 Å². The molecular weight excluding hydrogens is 486 g/mol. The van der Waals surface area contributed by atoms with Crippen molar-refractivity contribution in [2.75, 3.05) is 10.6 Å². The first-order valence-corrected chi connectivity index (χ1v) is 13.6. The molecule has 2 heterocycles. The number of carbonyl (C=O) groups excluding carboxylic acids is 2. The van der Waals surface area contributed by atoms with Crippen molar-refractivity contribution in [3.8, 4) is 6.07 Å². The Morgan fingerprint density at radius 1 is 1.14 bits per heavy atom. The molecule has 2 amide bonds. The number of carbonyl (C=O) groups is 2. The molecule has 37 heavy (non-hydrogen) atoms. The molecule has 2 aliphatic rings. The second kappa shape index (κ2) is 10.3. The van der Waals surface area contributed by atoms with Crippen LogP contribution in [-0.2, 0) is 4.79 Å². The summed E-state index contributed by atoms with van der Waals surface area (Å²) < 4.78 is 1.09. The lowest BCUT2D eigenvalue weighted by atomic mass is 9.85. The van der Waals surface area contributed by atoms with E-state index in [1.165, 1.54) is 0 Å². The van der Waals surface area contributed by atoms with Crippen LogP contribution < -0.4 is 21.3 Å². The third-order valence-corrected chi connectivity index (χ3v) is 7.75. The minimum atomic E-state index is -0.635. The van der Waals surface area contributed by atoms with Gasteiger partial charge in [-0.3, -0.25) is 9.59 Å². The summed E-state index contributed by atoms with van der Waals surface area (Å²) in [6, 6.07) is 10.2. The minimum Gasteiger partial charge on any atom is -0.382 e. The van der Waals surface area contributed by atoms with Crippen LogP contribution in [0.2, 0.25) is 0 Å². The summed E-state index contributed by atoms with van der Waals surface area (Å²) in [5.74, 6) is 0.325. The molecule has 10 heteroatoms. The Bertz CT molecular complexity index is 1350. The van der Waals surface area contributed by atoms with Gasteiger partial charge in [0.15, 0.2) is 0 Å². The molecule has 0 saturated heterocycles. The summed E-state index contributed by atoms with van der Waals surface area (Å²) in [4.78, 5) is 34.6. The van der Waals surface area contributed by atoms with Gasteiger partial charge in [0, 0.05) is 36.0 Å². The first kappa shape index (κ1) is 25.0. The first-order valence-electron chi connectivity index (χ1n) is 12.8. The zero-order chi connectivity index (χ0) is 26.0. The summed E-state index contributed by atoms with van der Waals surface area (Å²) in [6.07, 6.45) is 5.91. The first-order chi connectivity index (χ1) is 17.8. The van der Waals surface area contributed by atoms with E-state index < -0.39 is 5.54 Å². The SMILES string of the molecule is CC(C)Nc1cc(Nc2ccc3ncsc3c2)ncc1C(=O)N[C@H]1CC[C@H](C(=O)NC2(C#N)CC2)CC1. The van der Waals surface area contributed by atoms with Crippen molar-refractivity contribution in [2.45, 2.75) is 70.0 Å². The predicted molar refractivity (Wildman–Crippen MR) is 145 cm³/mol. The number of aromatic nitrogens is 2. The van der Waals surface area contributed by atoms with Crippen molar-refractivity contribution in [3.05, 3.63) is 41.5 Å². The average molecular weight is 518 g/mol. The summed E-state index contributed by atoms with van der Waals surface area (Å²) in [5, 5.41) is 22.0. The number of nitrogens with zero attached hydrogens (tertiary/aromatic N) is 3. The third-order valence-electron chi connectivity index (χ3n) is 6.96. The number of rotatable bonds is 8. The van der Waals surface area contributed by atoms with E-state index in [4.69, 9.17) is 0 Å². The highest BCUT2D eigenvalue weighted by Gasteiger charge is 2.45. The number of thiazole rings is 1. The molecule has 192 valence electrons. The molecule has 9 nitrogen and oxygen atoms in total. The van der Waals surface area contributed by atoms with Crippen molar-refractivity contribution in [2.24, 2.45) is 5.92 Å². The van der Waals surface area contributed by atoms with Crippen LogP contribution in [0.15, 0.2) is 36.0 Å². The van der Waals surface area contributed by atoms with Crippen molar-refractivity contribution in [1.82, 2.24) is 20.6 Å². The Hall–Kier alpha value is -3.71. The van der Waals surface area contributed by atoms with E-state index in [0.717, 1.165) is 41.6 Å². The molecule has 5 rings (SSSR count). The Morgan fingerprint density at radius 2 is 1.92 bits per heavy atom. The van der Waals surface area contributed by atoms with Gasteiger partial charge in [-0.05, 0) is 70.6 Å². The number of fused-ring (bicyclic) bond motifs is 1. The fraction of sp³-hybridized carbons (Fsp3) is 0.444. The molecule has 0 atom stereocenters. The monoisotopic (exact) mass is 517 g/mol. The fourth-order valence-corrected chi connectivity index (χ4v) is 5.42. The maximum Gasteiger partial charge on any atom is 0.255 e. The maximum atomic E-state index is 13.2. The molecule has 0 spiro atoms. The number of amides is 2. The molecule has 0 bridgehead atoms. The highest BCUT2D eigenvalue weighted by atomic mass is 32.1. The Labute approximate surface area is 220 Å². The van der Waals surface area contributed by atoms with E-state index in [-0.39, 0.29) is 29.8 Å². The number of nitriles is 1. The quantitative estimate of drug-likeness (QED) is 0.340. The van der Waals surface area contributed by atoms with Crippen LogP contribution in [0, 0.1) is 17.2 Å². The summed E-state index contributed by atoms with van der Waals surface area (Å²) in [5.41, 5.74) is 4.25. The lowest BCUT2D eigenvalue weighted by molar-refractivity contribution is -0.126. The predicted octanol–water partition coefficient (Wildman–Crippen LogP) is 4.72. The van der Waals surface area contributed by atoms with Gasteiger partial charge in [-0.15, -0.1) is 11.3 Å². The van der Waals surface area contributed by atoms with Crippen LogP contribution >= 0.6 is 11.3 Å². The second-order valence-electron chi connectivity index (χ2n) is 10.3. The standard InChI is InChI=1S/C27H31N7O2S/c1-16(2)31-22-12-24(32-19-7-8-21-23(11-19)37-15-30-21)29-13-20(22)26(36)33-18-5-3-17(4-6-18)25(35)34-27(14-28)9-10-27/h7-8,11-13,15-18H,3-6,9-10H2,1-2H3,(H,33,36)(H,34,35)(H2,29,31,32)/t17-,18-. The van der Waals surface area contributed by atoms with E-state index in [1.807, 2.05) is 43.6 Å². The van der Waals surface area contributed by atoms with Crippen molar-refractivity contribution >= 4 is 50.6 Å². The summed E-state index contributed by atoms with van der Waals surface area (Å²) >= 11 is 1.58. The van der Waals surface area contributed by atoms with Gasteiger partial charge in [-0.25, -0.2) is 9.97 Å². The topological polar surface area (TPSA) is 132 Å². The van der Waals surface area contributed by atoms with E-state index in [2.05, 4.69) is 37.3 Å². The van der Waals surface area contributed by atoms with Crippen LogP contribution in [0.3, 0.4) is 0 Å². The molecule has 2 aliphatic carbocycles. The van der Waals surface area contributed by atoms with Crippen molar-refractivity contribution in [3.63, 3.8) is 0 Å². The highest BCUT2D eigenvalue weighted by Crippen LogP contribution is 2.36. The van der Waals surface area contributed by atoms with E-state index in [9.17, 15) is 14.9 Å². The number of hydrogen-bond donors (Lipinski definition) is 4. The van der Waals surface area contributed by atoms with Crippen LogP contribution in [0.4, 0.5) is 17.2 Å². The lowest BCUT2D eigenvalue weighted by Crippen LogP contribution is -2.44. The second-order valence-corrected chi connectivity index (χ2v) is 11.2. The van der Waals surface area contributed by atoms with E-state index in [1.54, 1.807) is 17.5 Å². The van der Waals surface area contributed by atoms with Gasteiger partial charge in [-0.1, -0.05) is 0 Å². The van der Waals surface area contributed by atoms with Crippen molar-refractivity contribution < 1.29 is 9.59 Å². The average Bonchev–Trinajstić information content (AvgIpc) is 3.49. The van der Waals surface area contributed by atoms with Gasteiger partial charge in [0.25, 0.3) is 5.91 Å². The largest absolute Gasteiger partial charge is 0.382 e. The molecule has 1 aromatic carbocycles. The molecule has 2 fully saturated rings. The number of pyridine rings is 1. The van der Waals surface area contributed by atoms with Gasteiger partial charge in [0.1, 0.15) is 11.4 Å². The fourth-order valence-electron chi connectivity index (χ4n) is 4.71. The highest BCUT2D eigenvalue weighted by molar-refractivity contribution is 7.16. The van der Waals surface area contributed by atoms with Gasteiger partial charge in [0.05, 0.1) is 33.0 Å². The summed E-state index contributed by atoms with van der Waals surface area (Å²) in [7, 11) is 0. The number of nitrogens with one attached hydrogen (secondary N) is 4. The molecular formula is C27H31N7O2S. The molecule has 0 aliphatic heterocycles. The van der Waals surface area contributed by atoms with Crippen LogP contribution in [-0.4, -0.2) is 39.4 Å². The van der Waals surface area contributed by atoms with E-state index in [0.29, 0.717) is 29.9 Å². The van der Waals surface area contributed by atoms with Gasteiger partial charge >= 0.3 is 0 Å². The van der Waals surface area contributed by atoms with E-state index >= 15 is 0 Å². The number of anilines is 3. The summed E-state index contributed by atoms with van der Waals surface area (Å²) in [6.45, 7) is 4.05. The molecule has 3 aromatic rings. The third kappa shape index (κ3) is 5.83. The molecule has 0 unspecified atom stereocenters. The lowest BCUT2D eigenvalue weighted by Gasteiger charge is -2.29. The minimum absolute atomic E-state index is 0.00163. The Morgan fingerprint density at radius 3 is 2.62 bits per heavy atom. The molecule has 0 radical (unpaired) electrons. The van der Waals surface area contributed by atoms with Crippen LogP contribution in [0.5, 0.6) is 0 Å². The zero-order valence-corrected chi connectivity index (χ0v) is 21.8. The number of benzene rings is 1. The maximum absolute atomic E-state index is 13.2. The molecule has 4 N–H and O–H groups in total. The molecule has 2 saturated carbocycles. The smallest absolute Gasteiger partial charge is 0.255 e. The van der Waals surface area contributed by atoms with Gasteiger partial charge < -0.3 is 21.3 Å². The van der Waals surface area contributed by atoms with Crippen LogP contribution in [0.25, 0.3) is 10.2 Å². The van der Waals surface area contributed by atoms with Gasteiger partial charge in [0.2, 0.25) is 5.91 Å². The number of hydrogen-bond acceptors (Lipinski definition) is 8. The Kier molecular flexibility index (Phi) is 6.98. The Balaban J connectivity index is 1.22. The molecule has 2 aromatic heterocycles. The zero-order valence-electron chi connectivity index (χ0n) is 21.0. The van der Waals surface area contributed by atoms with Crippen molar-refractivity contribution in [1.29, 1.82) is 5.26 Å².